The van der Waals surface area contributed by atoms with Gasteiger partial charge in [-0.05, 0) is 14.1 Å². The minimum absolute atomic E-state index is 0.0292. The maximum atomic E-state index is 11.6. The summed E-state index contributed by atoms with van der Waals surface area (Å²) >= 11 is 0. The third-order valence-corrected chi connectivity index (χ3v) is 3.20. The largest absolute Gasteiger partial charge is 0.394 e. The summed E-state index contributed by atoms with van der Waals surface area (Å²) in [6.07, 6.45) is -0.549. The Labute approximate surface area is 120 Å². The molecule has 0 aromatic rings. The van der Waals surface area contributed by atoms with Crippen LogP contribution >= 0.6 is 0 Å². The van der Waals surface area contributed by atoms with Crippen LogP contribution in [0.5, 0.6) is 0 Å². The Morgan fingerprint density at radius 1 is 1.50 bits per heavy atom. The molecule has 0 aromatic heterocycles. The van der Waals surface area contributed by atoms with Crippen molar-refractivity contribution in [3.63, 3.8) is 0 Å². The van der Waals surface area contributed by atoms with Gasteiger partial charge in [0.05, 0.1) is 19.8 Å². The van der Waals surface area contributed by atoms with Gasteiger partial charge in [-0.15, -0.1) is 0 Å². The quantitative estimate of drug-likeness (QED) is 0.558. The Kier molecular flexibility index (Phi) is 8.01. The maximum Gasteiger partial charge on any atom is 0.222 e. The molecule has 1 unspecified atom stereocenters. The lowest BCUT2D eigenvalue weighted by atomic mass is 10.1. The van der Waals surface area contributed by atoms with Crippen molar-refractivity contribution >= 4 is 5.91 Å². The van der Waals surface area contributed by atoms with Crippen molar-refractivity contribution in [1.29, 1.82) is 0 Å². The number of nitrogens with one attached hydrogen (secondary N) is 1. The van der Waals surface area contributed by atoms with Crippen molar-refractivity contribution in [2.24, 2.45) is 0 Å². The molecule has 0 radical (unpaired) electrons. The first-order chi connectivity index (χ1) is 9.58. The molecule has 1 amide bonds. The normalized spacial score (nSPS) is 26.1. The molecular weight excluding hydrogens is 264 g/mol. The lowest BCUT2D eigenvalue weighted by Gasteiger charge is -2.20. The Morgan fingerprint density at radius 2 is 2.25 bits per heavy atom. The van der Waals surface area contributed by atoms with Crippen molar-refractivity contribution in [3.05, 3.63) is 0 Å². The topological polar surface area (TPSA) is 80.3 Å². The van der Waals surface area contributed by atoms with Crippen LogP contribution in [0, 0.1) is 0 Å². The van der Waals surface area contributed by atoms with E-state index in [1.165, 1.54) is 0 Å². The second-order valence-corrected chi connectivity index (χ2v) is 5.07. The van der Waals surface area contributed by atoms with Crippen LogP contribution in [-0.2, 0) is 19.0 Å². The van der Waals surface area contributed by atoms with Gasteiger partial charge in [-0.2, -0.15) is 0 Å². The van der Waals surface area contributed by atoms with Gasteiger partial charge in [0, 0.05) is 26.6 Å². The molecule has 1 fully saturated rings. The predicted octanol–water partition coefficient (Wildman–Crippen LogP) is -1.15. The molecule has 1 aliphatic rings. The van der Waals surface area contributed by atoms with Gasteiger partial charge in [0.1, 0.15) is 18.3 Å². The van der Waals surface area contributed by atoms with E-state index in [1.807, 2.05) is 19.0 Å². The number of carbonyl (C=O) groups is 1. The summed E-state index contributed by atoms with van der Waals surface area (Å²) in [6.45, 7) is 2.05. The van der Waals surface area contributed by atoms with Crippen molar-refractivity contribution in [2.45, 2.75) is 24.7 Å². The van der Waals surface area contributed by atoms with Gasteiger partial charge in [0.15, 0.2) is 0 Å². The molecule has 1 rings (SSSR count). The summed E-state index contributed by atoms with van der Waals surface area (Å²) < 4.78 is 16.2. The van der Waals surface area contributed by atoms with E-state index in [-0.39, 0.29) is 30.8 Å². The first-order valence-electron chi connectivity index (χ1n) is 6.86. The molecule has 2 N–H and O–H groups in total. The van der Waals surface area contributed by atoms with Crippen LogP contribution in [0.2, 0.25) is 0 Å². The molecule has 1 heterocycles. The minimum Gasteiger partial charge on any atom is -0.394 e. The van der Waals surface area contributed by atoms with Gasteiger partial charge in [-0.25, -0.2) is 0 Å². The molecule has 0 aromatic carbocycles. The number of carbonyl (C=O) groups excluding carboxylic acids is 1. The Bertz CT molecular complexity index is 288. The summed E-state index contributed by atoms with van der Waals surface area (Å²) in [4.78, 5) is 13.6. The molecule has 20 heavy (non-hydrogen) atoms. The summed E-state index contributed by atoms with van der Waals surface area (Å²) in [5.41, 5.74) is 0. The molecule has 0 spiro atoms. The fraction of sp³-hybridized carbons (Fsp3) is 0.923. The van der Waals surface area contributed by atoms with Gasteiger partial charge >= 0.3 is 0 Å². The van der Waals surface area contributed by atoms with Gasteiger partial charge in [0.25, 0.3) is 0 Å². The molecule has 0 aliphatic carbocycles. The highest BCUT2D eigenvalue weighted by Gasteiger charge is 2.37. The smallest absolute Gasteiger partial charge is 0.222 e. The fourth-order valence-electron chi connectivity index (χ4n) is 2.06. The zero-order chi connectivity index (χ0) is 15.0. The third kappa shape index (κ3) is 5.72. The van der Waals surface area contributed by atoms with Crippen molar-refractivity contribution in [3.8, 4) is 0 Å². The second kappa shape index (κ2) is 9.25. The van der Waals surface area contributed by atoms with E-state index in [9.17, 15) is 4.79 Å². The summed E-state index contributed by atoms with van der Waals surface area (Å²) in [5, 5.41) is 11.9. The van der Waals surface area contributed by atoms with Gasteiger partial charge < -0.3 is 29.5 Å². The Hall–Kier alpha value is -0.730. The van der Waals surface area contributed by atoms with Crippen LogP contribution in [0.25, 0.3) is 0 Å². The lowest BCUT2D eigenvalue weighted by Crippen LogP contribution is -2.37. The fourth-order valence-corrected chi connectivity index (χ4v) is 2.06. The number of likely N-dealkylation sites (N-methyl/N-ethyl adjacent to an activating group) is 1. The maximum absolute atomic E-state index is 11.6. The summed E-state index contributed by atoms with van der Waals surface area (Å²) in [5.74, 6) is -0.0292. The first kappa shape index (κ1) is 17.3. The highest BCUT2D eigenvalue weighted by molar-refractivity contribution is 5.75. The number of aliphatic hydroxyl groups excluding tert-OH is 1. The van der Waals surface area contributed by atoms with Gasteiger partial charge in [0.2, 0.25) is 5.91 Å². The Balaban J connectivity index is 2.15. The van der Waals surface area contributed by atoms with Crippen LogP contribution in [0.1, 0.15) is 6.42 Å². The predicted molar refractivity (Wildman–Crippen MR) is 73.5 cm³/mol. The SMILES string of the molecule is COC1[C@@H](CO)OC[C@H]1OCCC(=O)NCCN(C)C. The number of aliphatic hydroxyl groups is 1. The first-order valence-corrected chi connectivity index (χ1v) is 6.86. The molecule has 1 saturated heterocycles. The summed E-state index contributed by atoms with van der Waals surface area (Å²) in [6, 6.07) is 0. The summed E-state index contributed by atoms with van der Waals surface area (Å²) in [7, 11) is 5.47. The number of amides is 1. The van der Waals surface area contributed by atoms with E-state index in [2.05, 4.69) is 5.32 Å². The number of nitrogens with zero attached hydrogens (tertiary/aromatic N) is 1. The van der Waals surface area contributed by atoms with E-state index in [0.717, 1.165) is 6.54 Å². The number of ether oxygens (including phenoxy) is 3. The highest BCUT2D eigenvalue weighted by atomic mass is 16.6. The van der Waals surface area contributed by atoms with E-state index in [1.54, 1.807) is 7.11 Å². The van der Waals surface area contributed by atoms with Gasteiger partial charge in [-0.3, -0.25) is 4.79 Å². The van der Waals surface area contributed by atoms with Crippen LogP contribution < -0.4 is 5.32 Å². The molecule has 0 saturated carbocycles. The van der Waals surface area contributed by atoms with Crippen molar-refractivity contribution < 1.29 is 24.1 Å². The third-order valence-electron chi connectivity index (χ3n) is 3.20. The second-order valence-electron chi connectivity index (χ2n) is 5.07. The van der Waals surface area contributed by atoms with Gasteiger partial charge in [-0.1, -0.05) is 0 Å². The van der Waals surface area contributed by atoms with Crippen LogP contribution in [0.15, 0.2) is 0 Å². The molecule has 0 bridgehead atoms. The molecule has 7 heteroatoms. The lowest BCUT2D eigenvalue weighted by molar-refractivity contribution is -0.123. The van der Waals surface area contributed by atoms with E-state index in [4.69, 9.17) is 19.3 Å². The molecule has 118 valence electrons. The molecular formula is C13H26N2O5. The monoisotopic (exact) mass is 290 g/mol. The van der Waals surface area contributed by atoms with E-state index >= 15 is 0 Å². The zero-order valence-corrected chi connectivity index (χ0v) is 12.5. The van der Waals surface area contributed by atoms with Crippen LogP contribution in [0.4, 0.5) is 0 Å². The van der Waals surface area contributed by atoms with Crippen molar-refractivity contribution in [1.82, 2.24) is 10.2 Å². The van der Waals surface area contributed by atoms with Crippen molar-refractivity contribution in [2.75, 3.05) is 54.1 Å². The number of rotatable bonds is 9. The number of methoxy groups -OCH3 is 1. The number of hydrogen-bond donors (Lipinski definition) is 2. The molecule has 3 atom stereocenters. The average molecular weight is 290 g/mol. The van der Waals surface area contributed by atoms with E-state index in [0.29, 0.717) is 26.2 Å². The molecule has 7 nitrogen and oxygen atoms in total. The van der Waals surface area contributed by atoms with Crippen LogP contribution in [0.3, 0.4) is 0 Å². The highest BCUT2D eigenvalue weighted by Crippen LogP contribution is 2.19. The standard InChI is InChI=1S/C13H26N2O5/c1-15(2)6-5-14-12(17)4-7-19-11-9-20-10(8-16)13(11)18-3/h10-11,13,16H,4-9H2,1-3H3,(H,14,17)/t10-,11-,13?/m1/s1. The Morgan fingerprint density at radius 3 is 2.85 bits per heavy atom. The van der Waals surface area contributed by atoms with E-state index < -0.39 is 0 Å². The average Bonchev–Trinajstić information content (AvgIpc) is 2.80. The molecule has 1 aliphatic heterocycles. The zero-order valence-electron chi connectivity index (χ0n) is 12.5. The van der Waals surface area contributed by atoms with Crippen LogP contribution in [-0.4, -0.2) is 88.3 Å². The minimum atomic E-state index is -0.348. The number of hydrogen-bond acceptors (Lipinski definition) is 6.